The molecule has 2 aliphatic carbocycles. The molecular formula is C31H27F7N2O4S. The summed E-state index contributed by atoms with van der Waals surface area (Å²) < 4.78 is 124. The van der Waals surface area contributed by atoms with Crippen LogP contribution in [0.25, 0.3) is 0 Å². The number of alkyl halides is 6. The average Bonchev–Trinajstić information content (AvgIpc) is 3.77. The number of carbonyl (C=O) groups excluding carboxylic acids is 1. The van der Waals surface area contributed by atoms with E-state index in [4.69, 9.17) is 0 Å². The highest BCUT2D eigenvalue weighted by Gasteiger charge is 2.65. The minimum Gasteiger partial charge on any atom is -0.380 e. The number of aliphatic hydroxyl groups is 1. The molecule has 2 saturated carbocycles. The van der Waals surface area contributed by atoms with Crippen LogP contribution in [-0.4, -0.2) is 37.3 Å². The van der Waals surface area contributed by atoms with Crippen LogP contribution < -0.4 is 9.62 Å². The van der Waals surface area contributed by atoms with E-state index in [1.165, 1.54) is 28.6 Å². The fourth-order valence-corrected chi connectivity index (χ4v) is 8.59. The molecule has 1 amide bonds. The summed E-state index contributed by atoms with van der Waals surface area (Å²) in [4.78, 5) is 13.1. The number of amides is 1. The number of hydrogen-bond acceptors (Lipinski definition) is 4. The number of sulfonamides is 1. The Morgan fingerprint density at radius 3 is 2.11 bits per heavy atom. The first-order chi connectivity index (χ1) is 21.0. The van der Waals surface area contributed by atoms with Crippen molar-refractivity contribution in [2.75, 3.05) is 9.62 Å². The lowest BCUT2D eigenvalue weighted by atomic mass is 9.61. The second-order valence-electron chi connectivity index (χ2n) is 12.0. The van der Waals surface area contributed by atoms with Crippen molar-refractivity contribution in [1.29, 1.82) is 0 Å². The fourth-order valence-electron chi connectivity index (χ4n) is 6.79. The maximum absolute atomic E-state index is 14.1. The van der Waals surface area contributed by atoms with Gasteiger partial charge in [-0.3, -0.25) is 9.10 Å². The van der Waals surface area contributed by atoms with Gasteiger partial charge in [0.1, 0.15) is 5.82 Å². The van der Waals surface area contributed by atoms with Crippen molar-refractivity contribution in [2.45, 2.75) is 72.8 Å². The van der Waals surface area contributed by atoms with E-state index in [0.29, 0.717) is 18.4 Å². The summed E-state index contributed by atoms with van der Waals surface area (Å²) in [5.74, 6) is -1.70. The predicted molar refractivity (Wildman–Crippen MR) is 150 cm³/mol. The molecule has 3 aliphatic rings. The molecule has 240 valence electrons. The Balaban J connectivity index is 1.45. The van der Waals surface area contributed by atoms with Crippen molar-refractivity contribution in [1.82, 2.24) is 0 Å². The Morgan fingerprint density at radius 2 is 1.53 bits per heavy atom. The second kappa shape index (κ2) is 10.4. The van der Waals surface area contributed by atoms with Crippen LogP contribution in [0.5, 0.6) is 0 Å². The van der Waals surface area contributed by atoms with Gasteiger partial charge in [0.25, 0.3) is 15.9 Å². The van der Waals surface area contributed by atoms with E-state index >= 15 is 0 Å². The van der Waals surface area contributed by atoms with Crippen LogP contribution in [0.15, 0.2) is 71.6 Å². The molecule has 1 aliphatic heterocycles. The molecule has 3 aromatic rings. The van der Waals surface area contributed by atoms with E-state index in [1.54, 1.807) is 0 Å². The first-order valence-corrected chi connectivity index (χ1v) is 15.6. The van der Waals surface area contributed by atoms with Crippen LogP contribution in [0.2, 0.25) is 0 Å². The van der Waals surface area contributed by atoms with Crippen LogP contribution in [0.3, 0.4) is 0 Å². The maximum Gasteiger partial charge on any atom is 0.417 e. The van der Waals surface area contributed by atoms with Crippen molar-refractivity contribution in [3.05, 3.63) is 89.2 Å². The summed E-state index contributed by atoms with van der Waals surface area (Å²) in [7, 11) is -4.38. The summed E-state index contributed by atoms with van der Waals surface area (Å²) in [6, 6.07) is 11.3. The van der Waals surface area contributed by atoms with Gasteiger partial charge >= 0.3 is 12.4 Å². The number of carbonyl (C=O) groups is 1. The van der Waals surface area contributed by atoms with Crippen LogP contribution in [-0.2, 0) is 21.6 Å². The number of nitrogens with zero attached hydrogens (tertiary/aromatic N) is 1. The standard InChI is InChI=1S/C31H27F7N2O4S/c32-21-7-9-23(10-8-21)45(43,44)40-25-11-6-19(27(41)39-22-3-1-2-20(17-22)30(33,34)35)16-24(25)28(26(40)18-4-5-18)12-14-29(42,15-13-28)31(36,37)38/h1-3,6-11,16-18,26,42H,4-5,12-15H2,(H,39,41). The van der Waals surface area contributed by atoms with E-state index in [-0.39, 0.29) is 40.6 Å². The Kier molecular flexibility index (Phi) is 7.27. The quantitative estimate of drug-likeness (QED) is 0.285. The van der Waals surface area contributed by atoms with Gasteiger partial charge in [0.2, 0.25) is 0 Å². The number of halogens is 7. The maximum atomic E-state index is 14.1. The zero-order valence-electron chi connectivity index (χ0n) is 23.4. The first-order valence-electron chi connectivity index (χ1n) is 14.2. The molecule has 2 N–H and O–H groups in total. The van der Waals surface area contributed by atoms with Crippen molar-refractivity contribution in [3.63, 3.8) is 0 Å². The molecular weight excluding hydrogens is 629 g/mol. The van der Waals surface area contributed by atoms with Gasteiger partial charge < -0.3 is 10.4 Å². The summed E-state index contributed by atoms with van der Waals surface area (Å²) in [5.41, 5.74) is -4.93. The van der Waals surface area contributed by atoms with Gasteiger partial charge in [0, 0.05) is 16.7 Å². The molecule has 6 rings (SSSR count). The molecule has 14 heteroatoms. The number of anilines is 2. The number of nitrogens with one attached hydrogen (secondary N) is 1. The normalized spacial score (nSPS) is 25.3. The van der Waals surface area contributed by atoms with Crippen molar-refractivity contribution in [2.24, 2.45) is 5.92 Å². The van der Waals surface area contributed by atoms with E-state index < -0.39 is 69.6 Å². The Hall–Kier alpha value is -3.65. The predicted octanol–water partition coefficient (Wildman–Crippen LogP) is 7.19. The topological polar surface area (TPSA) is 86.7 Å². The summed E-state index contributed by atoms with van der Waals surface area (Å²) in [6.45, 7) is 0. The average molecular weight is 657 g/mol. The molecule has 1 spiro atoms. The van der Waals surface area contributed by atoms with Crippen LogP contribution in [0, 0.1) is 11.7 Å². The van der Waals surface area contributed by atoms with Gasteiger partial charge in [-0.15, -0.1) is 0 Å². The zero-order chi connectivity index (χ0) is 32.6. The van der Waals surface area contributed by atoms with Crippen LogP contribution in [0.4, 0.5) is 42.1 Å². The molecule has 3 aromatic carbocycles. The summed E-state index contributed by atoms with van der Waals surface area (Å²) in [6.07, 6.45) is -10.3. The molecule has 45 heavy (non-hydrogen) atoms. The third-order valence-electron chi connectivity index (χ3n) is 9.24. The zero-order valence-corrected chi connectivity index (χ0v) is 24.2. The van der Waals surface area contributed by atoms with Gasteiger partial charge in [-0.05, 0) is 111 Å². The first kappa shape index (κ1) is 31.3. The third-order valence-corrected chi connectivity index (χ3v) is 11.0. The van der Waals surface area contributed by atoms with Gasteiger partial charge in [-0.2, -0.15) is 26.3 Å². The molecule has 0 saturated heterocycles. The monoisotopic (exact) mass is 656 g/mol. The largest absolute Gasteiger partial charge is 0.417 e. The van der Waals surface area contributed by atoms with E-state index in [9.17, 15) is 49.1 Å². The van der Waals surface area contributed by atoms with Crippen molar-refractivity contribution in [3.8, 4) is 0 Å². The number of hydrogen-bond donors (Lipinski definition) is 2. The molecule has 0 radical (unpaired) electrons. The number of fused-ring (bicyclic) bond motifs is 2. The Morgan fingerprint density at radius 1 is 0.889 bits per heavy atom. The third kappa shape index (κ3) is 5.35. The van der Waals surface area contributed by atoms with Gasteiger partial charge in [-0.25, -0.2) is 12.8 Å². The summed E-state index contributed by atoms with van der Waals surface area (Å²) >= 11 is 0. The number of rotatable bonds is 5. The molecule has 1 atom stereocenters. The number of benzene rings is 3. The van der Waals surface area contributed by atoms with E-state index in [0.717, 1.165) is 42.5 Å². The Labute approximate surface area is 253 Å². The van der Waals surface area contributed by atoms with E-state index in [1.807, 2.05) is 0 Å². The SMILES string of the molecule is O=C(Nc1cccc(C(F)(F)F)c1)c1ccc2c(c1)C1(CCC(O)(C(F)(F)F)CC1)C(C1CC1)N2S(=O)(=O)c1ccc(F)cc1. The summed E-state index contributed by atoms with van der Waals surface area (Å²) in [5, 5.41) is 12.9. The smallest absolute Gasteiger partial charge is 0.380 e. The highest BCUT2D eigenvalue weighted by molar-refractivity contribution is 7.92. The Bertz CT molecular complexity index is 1740. The molecule has 1 unspecified atom stereocenters. The molecule has 1 heterocycles. The lowest BCUT2D eigenvalue weighted by Crippen LogP contribution is -2.56. The van der Waals surface area contributed by atoms with E-state index in [2.05, 4.69) is 5.32 Å². The molecule has 0 aromatic heterocycles. The minimum absolute atomic E-state index is 0.0437. The van der Waals surface area contributed by atoms with Gasteiger partial charge in [-0.1, -0.05) is 6.07 Å². The van der Waals surface area contributed by atoms with Gasteiger partial charge in [0.05, 0.1) is 22.2 Å². The minimum atomic E-state index is -4.92. The molecule has 0 bridgehead atoms. The second-order valence-corrected chi connectivity index (χ2v) is 13.8. The highest BCUT2D eigenvalue weighted by atomic mass is 32.2. The highest BCUT2D eigenvalue weighted by Crippen LogP contribution is 2.62. The lowest BCUT2D eigenvalue weighted by molar-refractivity contribution is -0.273. The van der Waals surface area contributed by atoms with Gasteiger partial charge in [0.15, 0.2) is 5.60 Å². The van der Waals surface area contributed by atoms with Crippen LogP contribution >= 0.6 is 0 Å². The lowest BCUT2D eigenvalue weighted by Gasteiger charge is -2.47. The fraction of sp³-hybridized carbons (Fsp3) is 0.387. The molecule has 6 nitrogen and oxygen atoms in total. The van der Waals surface area contributed by atoms with Crippen molar-refractivity contribution < 1.29 is 49.1 Å². The van der Waals surface area contributed by atoms with Crippen molar-refractivity contribution >= 4 is 27.3 Å². The molecule has 2 fully saturated rings. The van der Waals surface area contributed by atoms with Crippen LogP contribution in [0.1, 0.15) is 60.0 Å².